The number of carbonyl (C=O) groups is 1. The normalized spacial score (nSPS) is 18.4. The molecule has 1 saturated heterocycles. The Labute approximate surface area is 124 Å². The van der Waals surface area contributed by atoms with Crippen molar-refractivity contribution in [3.05, 3.63) is 36.8 Å². The number of nitrogens with zero attached hydrogens (tertiary/aromatic N) is 1. The molecule has 2 heterocycles. The van der Waals surface area contributed by atoms with E-state index in [0.29, 0.717) is 12.3 Å². The summed E-state index contributed by atoms with van der Waals surface area (Å²) in [7, 11) is 0. The number of rotatable bonds is 4. The van der Waals surface area contributed by atoms with Crippen molar-refractivity contribution in [2.24, 2.45) is 5.92 Å². The fraction of sp³-hybridized carbons (Fsp3) is 0.375. The molecule has 3 N–H and O–H groups in total. The van der Waals surface area contributed by atoms with Crippen molar-refractivity contribution >= 4 is 11.6 Å². The van der Waals surface area contributed by atoms with Crippen molar-refractivity contribution in [3.8, 4) is 11.3 Å². The Hall–Kier alpha value is -2.14. The van der Waals surface area contributed by atoms with E-state index in [1.807, 2.05) is 24.3 Å². The summed E-state index contributed by atoms with van der Waals surface area (Å²) in [5, 5.41) is 6.31. The van der Waals surface area contributed by atoms with Crippen LogP contribution in [-0.2, 0) is 4.79 Å². The number of hydrogen-bond acceptors (Lipinski definition) is 3. The van der Waals surface area contributed by atoms with Gasteiger partial charge < -0.3 is 15.6 Å². The van der Waals surface area contributed by atoms with Crippen molar-refractivity contribution in [2.75, 3.05) is 18.4 Å². The summed E-state index contributed by atoms with van der Waals surface area (Å²) < 4.78 is 0. The fourth-order valence-electron chi connectivity index (χ4n) is 2.72. The van der Waals surface area contributed by atoms with Gasteiger partial charge in [0.2, 0.25) is 5.91 Å². The molecule has 0 radical (unpaired) electrons. The van der Waals surface area contributed by atoms with E-state index in [1.165, 1.54) is 0 Å². The van der Waals surface area contributed by atoms with E-state index in [1.54, 1.807) is 12.5 Å². The molecule has 1 atom stereocenters. The van der Waals surface area contributed by atoms with Crippen molar-refractivity contribution in [2.45, 2.75) is 19.3 Å². The van der Waals surface area contributed by atoms with Gasteiger partial charge in [-0.15, -0.1) is 0 Å². The van der Waals surface area contributed by atoms with Crippen LogP contribution in [0.1, 0.15) is 19.3 Å². The van der Waals surface area contributed by atoms with Gasteiger partial charge in [-0.05, 0) is 49.5 Å². The molecular formula is C16H20N4O. The lowest BCUT2D eigenvalue weighted by atomic mass is 9.96. The average Bonchev–Trinajstić information content (AvgIpc) is 3.03. The second-order valence-corrected chi connectivity index (χ2v) is 5.51. The third kappa shape index (κ3) is 3.70. The van der Waals surface area contributed by atoms with Crippen LogP contribution in [0.5, 0.6) is 0 Å². The Morgan fingerprint density at radius 2 is 2.19 bits per heavy atom. The van der Waals surface area contributed by atoms with Crippen LogP contribution in [0.2, 0.25) is 0 Å². The molecule has 1 aliphatic heterocycles. The van der Waals surface area contributed by atoms with E-state index in [4.69, 9.17) is 0 Å². The first-order valence-electron chi connectivity index (χ1n) is 7.40. The van der Waals surface area contributed by atoms with Crippen LogP contribution in [0.4, 0.5) is 5.69 Å². The number of aromatic nitrogens is 2. The minimum Gasteiger partial charge on any atom is -0.345 e. The number of H-pyrrole nitrogens is 1. The van der Waals surface area contributed by atoms with Crippen molar-refractivity contribution in [1.29, 1.82) is 0 Å². The molecule has 0 saturated carbocycles. The Bertz CT molecular complexity index is 571. The molecule has 1 aromatic heterocycles. The molecule has 0 aliphatic carbocycles. The zero-order chi connectivity index (χ0) is 14.5. The van der Waals surface area contributed by atoms with Crippen molar-refractivity contribution < 1.29 is 4.79 Å². The lowest BCUT2D eigenvalue weighted by molar-refractivity contribution is -0.117. The summed E-state index contributed by atoms with van der Waals surface area (Å²) >= 11 is 0. The Morgan fingerprint density at radius 1 is 1.33 bits per heavy atom. The van der Waals surface area contributed by atoms with Gasteiger partial charge in [0.05, 0.1) is 18.2 Å². The minimum absolute atomic E-state index is 0.0954. The highest BCUT2D eigenvalue weighted by atomic mass is 16.1. The molecule has 5 nitrogen and oxygen atoms in total. The predicted molar refractivity (Wildman–Crippen MR) is 82.9 cm³/mol. The zero-order valence-corrected chi connectivity index (χ0v) is 11.9. The molecule has 1 amide bonds. The van der Waals surface area contributed by atoms with Crippen LogP contribution < -0.4 is 10.6 Å². The molecule has 0 spiro atoms. The van der Waals surface area contributed by atoms with Crippen LogP contribution in [0.25, 0.3) is 11.3 Å². The first kappa shape index (κ1) is 13.8. The maximum absolute atomic E-state index is 12.0. The second kappa shape index (κ2) is 6.54. The Kier molecular flexibility index (Phi) is 4.31. The van der Waals surface area contributed by atoms with Crippen LogP contribution in [0.15, 0.2) is 36.8 Å². The van der Waals surface area contributed by atoms with Gasteiger partial charge in [0.15, 0.2) is 0 Å². The number of piperidine rings is 1. The molecule has 1 aromatic carbocycles. The zero-order valence-electron chi connectivity index (χ0n) is 11.9. The van der Waals surface area contributed by atoms with Gasteiger partial charge >= 0.3 is 0 Å². The summed E-state index contributed by atoms with van der Waals surface area (Å²) in [6.07, 6.45) is 6.33. The molecule has 1 unspecified atom stereocenters. The van der Waals surface area contributed by atoms with Crippen molar-refractivity contribution in [1.82, 2.24) is 15.3 Å². The van der Waals surface area contributed by atoms with E-state index >= 15 is 0 Å². The summed E-state index contributed by atoms with van der Waals surface area (Å²) in [4.78, 5) is 19.1. The molecular weight excluding hydrogens is 264 g/mol. The number of nitrogens with one attached hydrogen (secondary N) is 3. The average molecular weight is 284 g/mol. The van der Waals surface area contributed by atoms with E-state index in [-0.39, 0.29) is 5.91 Å². The van der Waals surface area contributed by atoms with Crippen LogP contribution >= 0.6 is 0 Å². The molecule has 110 valence electrons. The summed E-state index contributed by atoms with van der Waals surface area (Å²) in [6.45, 7) is 2.03. The SMILES string of the molecule is O=C(CC1CCCNC1)Nc1ccc(-c2cnc[nH]2)cc1. The van der Waals surface area contributed by atoms with Gasteiger partial charge in [-0.2, -0.15) is 0 Å². The smallest absolute Gasteiger partial charge is 0.224 e. The number of anilines is 1. The van der Waals surface area contributed by atoms with E-state index in [9.17, 15) is 4.79 Å². The number of imidazole rings is 1. The number of aromatic amines is 1. The largest absolute Gasteiger partial charge is 0.345 e. The van der Waals surface area contributed by atoms with E-state index in [0.717, 1.165) is 42.9 Å². The monoisotopic (exact) mass is 284 g/mol. The van der Waals surface area contributed by atoms with E-state index in [2.05, 4.69) is 20.6 Å². The summed E-state index contributed by atoms with van der Waals surface area (Å²) in [5.74, 6) is 0.556. The van der Waals surface area contributed by atoms with Crippen LogP contribution in [0.3, 0.4) is 0 Å². The highest BCUT2D eigenvalue weighted by molar-refractivity contribution is 5.91. The lowest BCUT2D eigenvalue weighted by Crippen LogP contribution is -2.32. The maximum Gasteiger partial charge on any atom is 0.224 e. The quantitative estimate of drug-likeness (QED) is 0.807. The molecule has 1 aliphatic rings. The van der Waals surface area contributed by atoms with Gasteiger partial charge in [0.25, 0.3) is 0 Å². The second-order valence-electron chi connectivity index (χ2n) is 5.51. The standard InChI is InChI=1S/C16H20N4O/c21-16(8-12-2-1-7-17-9-12)20-14-5-3-13(4-6-14)15-10-18-11-19-15/h3-6,10-12,17H,1-2,7-9H2,(H,18,19)(H,20,21). The number of carbonyl (C=O) groups excluding carboxylic acids is 1. The van der Waals surface area contributed by atoms with Gasteiger partial charge in [-0.25, -0.2) is 4.98 Å². The van der Waals surface area contributed by atoms with Crippen molar-refractivity contribution in [3.63, 3.8) is 0 Å². The Morgan fingerprint density at radius 3 is 2.86 bits per heavy atom. The summed E-state index contributed by atoms with van der Waals surface area (Å²) in [5.41, 5.74) is 2.87. The minimum atomic E-state index is 0.0954. The first-order chi connectivity index (χ1) is 10.3. The van der Waals surface area contributed by atoms with Crippen LogP contribution in [0, 0.1) is 5.92 Å². The number of amides is 1. The van der Waals surface area contributed by atoms with Gasteiger partial charge in [-0.3, -0.25) is 4.79 Å². The topological polar surface area (TPSA) is 69.8 Å². The van der Waals surface area contributed by atoms with Crippen LogP contribution in [-0.4, -0.2) is 29.0 Å². The fourth-order valence-corrected chi connectivity index (χ4v) is 2.72. The highest BCUT2D eigenvalue weighted by Crippen LogP contribution is 2.20. The highest BCUT2D eigenvalue weighted by Gasteiger charge is 2.16. The molecule has 2 aromatic rings. The maximum atomic E-state index is 12.0. The third-order valence-corrected chi connectivity index (χ3v) is 3.85. The first-order valence-corrected chi connectivity index (χ1v) is 7.40. The third-order valence-electron chi connectivity index (χ3n) is 3.85. The summed E-state index contributed by atoms with van der Waals surface area (Å²) in [6, 6.07) is 7.80. The number of hydrogen-bond donors (Lipinski definition) is 3. The predicted octanol–water partition coefficient (Wildman–Crippen LogP) is 2.40. The Balaban J connectivity index is 1.56. The van der Waals surface area contributed by atoms with Gasteiger partial charge in [-0.1, -0.05) is 12.1 Å². The molecule has 3 rings (SSSR count). The number of benzene rings is 1. The van der Waals surface area contributed by atoms with Gasteiger partial charge in [0.1, 0.15) is 0 Å². The molecule has 21 heavy (non-hydrogen) atoms. The molecule has 0 bridgehead atoms. The van der Waals surface area contributed by atoms with Gasteiger partial charge in [0, 0.05) is 12.1 Å². The lowest BCUT2D eigenvalue weighted by Gasteiger charge is -2.22. The molecule has 5 heteroatoms. The molecule has 1 fully saturated rings. The van der Waals surface area contributed by atoms with E-state index < -0.39 is 0 Å².